The number of rotatable bonds is 6. The summed E-state index contributed by atoms with van der Waals surface area (Å²) in [6, 6.07) is 4.86. The van der Waals surface area contributed by atoms with Gasteiger partial charge in [0.05, 0.1) is 0 Å². The number of aryl methyl sites for hydroxylation is 1. The molecule has 0 spiro atoms. The van der Waals surface area contributed by atoms with Crippen molar-refractivity contribution in [2.45, 2.75) is 38.4 Å². The largest absolute Gasteiger partial charge is 0.420 e. The zero-order chi connectivity index (χ0) is 13.8. The third-order valence-corrected chi connectivity index (χ3v) is 8.24. The predicted octanol–water partition coefficient (Wildman–Crippen LogP) is 4.28. The second kappa shape index (κ2) is 6.38. The highest BCUT2D eigenvalue weighted by Gasteiger charge is 2.29. The zero-order valence-electron chi connectivity index (χ0n) is 11.0. The normalized spacial score (nSPS) is 11.9. The van der Waals surface area contributed by atoms with Crippen molar-refractivity contribution >= 4 is 8.32 Å². The summed E-state index contributed by atoms with van der Waals surface area (Å²) < 4.78 is 44.6. The highest BCUT2D eigenvalue weighted by atomic mass is 28.4. The van der Waals surface area contributed by atoms with E-state index in [2.05, 4.69) is 13.8 Å². The fraction of sp³-hybridized carbons (Fsp3) is 0.538. The molecule has 0 saturated heterocycles. The van der Waals surface area contributed by atoms with Crippen molar-refractivity contribution in [3.05, 3.63) is 35.1 Å². The molecule has 0 aliphatic rings. The third-order valence-electron chi connectivity index (χ3n) is 3.63. The maximum atomic E-state index is 13.1. The molecule has 1 aromatic carbocycles. The van der Waals surface area contributed by atoms with Gasteiger partial charge in [0.1, 0.15) is 0 Å². The minimum absolute atomic E-state index is 0.488. The molecule has 0 aliphatic heterocycles. The summed E-state index contributed by atoms with van der Waals surface area (Å²) in [5.41, 5.74) is 0.488. The van der Waals surface area contributed by atoms with Crippen LogP contribution >= 0.6 is 0 Å². The summed E-state index contributed by atoms with van der Waals surface area (Å²) in [6.45, 7) is 4.15. The van der Waals surface area contributed by atoms with Crippen LogP contribution in [0.15, 0.2) is 12.1 Å². The van der Waals surface area contributed by atoms with Crippen LogP contribution in [0, 0.1) is 17.5 Å². The second-order valence-electron chi connectivity index (χ2n) is 4.47. The van der Waals surface area contributed by atoms with Crippen LogP contribution in [0.1, 0.15) is 19.4 Å². The lowest BCUT2D eigenvalue weighted by molar-refractivity contribution is 0.391. The zero-order valence-corrected chi connectivity index (χ0v) is 12.0. The van der Waals surface area contributed by atoms with Gasteiger partial charge in [0.2, 0.25) is 0 Å². The van der Waals surface area contributed by atoms with Gasteiger partial charge in [-0.1, -0.05) is 13.8 Å². The Labute approximate surface area is 107 Å². The molecule has 0 aromatic heterocycles. The van der Waals surface area contributed by atoms with Gasteiger partial charge in [-0.25, -0.2) is 13.2 Å². The van der Waals surface area contributed by atoms with Gasteiger partial charge in [-0.3, -0.25) is 0 Å². The van der Waals surface area contributed by atoms with Gasteiger partial charge in [-0.2, -0.15) is 0 Å². The minimum Gasteiger partial charge on any atom is -0.420 e. The molecular formula is C13H19F3OSi. The van der Waals surface area contributed by atoms with E-state index in [1.54, 1.807) is 7.11 Å². The lowest BCUT2D eigenvalue weighted by atomic mass is 10.1. The van der Waals surface area contributed by atoms with Crippen molar-refractivity contribution in [2.75, 3.05) is 7.11 Å². The van der Waals surface area contributed by atoms with Crippen molar-refractivity contribution in [2.24, 2.45) is 0 Å². The molecule has 0 atom stereocenters. The highest BCUT2D eigenvalue weighted by Crippen LogP contribution is 2.24. The number of hydrogen-bond donors (Lipinski definition) is 0. The van der Waals surface area contributed by atoms with Crippen LogP contribution in [0.2, 0.25) is 18.1 Å². The van der Waals surface area contributed by atoms with Crippen molar-refractivity contribution in [3.63, 3.8) is 0 Å². The van der Waals surface area contributed by atoms with Crippen LogP contribution in [0.3, 0.4) is 0 Å². The van der Waals surface area contributed by atoms with E-state index in [0.717, 1.165) is 30.3 Å². The molecule has 18 heavy (non-hydrogen) atoms. The highest BCUT2D eigenvalue weighted by molar-refractivity contribution is 6.73. The molecule has 0 aliphatic carbocycles. The maximum absolute atomic E-state index is 13.1. The predicted molar refractivity (Wildman–Crippen MR) is 68.6 cm³/mol. The lowest BCUT2D eigenvalue weighted by Crippen LogP contribution is -2.35. The number of halogens is 3. The Morgan fingerprint density at radius 2 is 1.56 bits per heavy atom. The summed E-state index contributed by atoms with van der Waals surface area (Å²) in [4.78, 5) is 0. The van der Waals surface area contributed by atoms with E-state index in [0.29, 0.717) is 12.0 Å². The molecule has 5 heteroatoms. The summed E-state index contributed by atoms with van der Waals surface area (Å²) >= 11 is 0. The smallest absolute Gasteiger partial charge is 0.194 e. The van der Waals surface area contributed by atoms with E-state index in [1.807, 2.05) is 0 Å². The molecule has 0 N–H and O–H groups in total. The van der Waals surface area contributed by atoms with Crippen molar-refractivity contribution in [3.8, 4) is 0 Å². The third kappa shape index (κ3) is 3.35. The minimum atomic E-state index is -1.79. The Hall–Kier alpha value is -0.813. The molecule has 102 valence electrons. The van der Waals surface area contributed by atoms with E-state index in [-0.39, 0.29) is 0 Å². The van der Waals surface area contributed by atoms with Crippen molar-refractivity contribution in [1.29, 1.82) is 0 Å². The van der Waals surface area contributed by atoms with E-state index in [9.17, 15) is 13.2 Å². The van der Waals surface area contributed by atoms with E-state index < -0.39 is 25.8 Å². The maximum Gasteiger partial charge on any atom is 0.194 e. The molecule has 0 unspecified atom stereocenters. The summed E-state index contributed by atoms with van der Waals surface area (Å²) in [7, 11) is -0.0877. The number of benzene rings is 1. The lowest BCUT2D eigenvalue weighted by Gasteiger charge is -2.27. The molecular weight excluding hydrogens is 257 g/mol. The Bertz CT molecular complexity index is 374. The fourth-order valence-electron chi connectivity index (χ4n) is 2.12. The first-order chi connectivity index (χ1) is 8.48. The molecule has 0 saturated carbocycles. The fourth-order valence-corrected chi connectivity index (χ4v) is 4.85. The molecule has 0 heterocycles. The Morgan fingerprint density at radius 1 is 1.06 bits per heavy atom. The Morgan fingerprint density at radius 3 is 1.94 bits per heavy atom. The SMILES string of the molecule is CC[Si](CC)(CCc1cc(F)c(F)c(F)c1)OC. The molecule has 0 bridgehead atoms. The number of hydrogen-bond acceptors (Lipinski definition) is 1. The van der Waals surface area contributed by atoms with Gasteiger partial charge in [0, 0.05) is 7.11 Å². The standard InChI is InChI=1S/C13H19F3OSi/c1-4-18(5-2,17-3)7-6-10-8-11(14)13(16)12(15)9-10/h8-9H,4-7H2,1-3H3. The average Bonchev–Trinajstić information content (AvgIpc) is 2.38. The Balaban J connectivity index is 2.80. The van der Waals surface area contributed by atoms with Crippen LogP contribution in [0.25, 0.3) is 0 Å². The van der Waals surface area contributed by atoms with E-state index >= 15 is 0 Å². The molecule has 0 radical (unpaired) electrons. The molecule has 1 rings (SSSR count). The second-order valence-corrected chi connectivity index (χ2v) is 9.16. The van der Waals surface area contributed by atoms with Gasteiger partial charge >= 0.3 is 0 Å². The van der Waals surface area contributed by atoms with E-state index in [1.165, 1.54) is 0 Å². The molecule has 1 nitrogen and oxygen atoms in total. The van der Waals surface area contributed by atoms with Crippen LogP contribution in [-0.4, -0.2) is 15.4 Å². The van der Waals surface area contributed by atoms with Gasteiger partial charge in [0.25, 0.3) is 0 Å². The van der Waals surface area contributed by atoms with Crippen LogP contribution < -0.4 is 0 Å². The van der Waals surface area contributed by atoms with Gasteiger partial charge in [-0.05, 0) is 42.2 Å². The molecule has 0 fully saturated rings. The monoisotopic (exact) mass is 276 g/mol. The topological polar surface area (TPSA) is 9.23 Å². The van der Waals surface area contributed by atoms with Gasteiger partial charge in [0.15, 0.2) is 25.8 Å². The first-order valence-corrected chi connectivity index (χ1v) is 8.69. The Kier molecular flexibility index (Phi) is 5.41. The van der Waals surface area contributed by atoms with Crippen LogP contribution in [0.4, 0.5) is 13.2 Å². The summed E-state index contributed by atoms with van der Waals surface area (Å²) in [5, 5.41) is 0. The summed E-state index contributed by atoms with van der Waals surface area (Å²) in [5.74, 6) is -3.65. The van der Waals surface area contributed by atoms with Crippen LogP contribution in [0.5, 0.6) is 0 Å². The van der Waals surface area contributed by atoms with Crippen LogP contribution in [-0.2, 0) is 10.8 Å². The first kappa shape index (κ1) is 15.2. The van der Waals surface area contributed by atoms with Gasteiger partial charge in [-0.15, -0.1) is 0 Å². The average molecular weight is 276 g/mol. The first-order valence-electron chi connectivity index (χ1n) is 6.16. The molecule has 1 aromatic rings. The van der Waals surface area contributed by atoms with E-state index in [4.69, 9.17) is 4.43 Å². The summed E-state index contributed by atoms with van der Waals surface area (Å²) in [6.07, 6.45) is 0.524. The quantitative estimate of drug-likeness (QED) is 0.556. The van der Waals surface area contributed by atoms with Gasteiger partial charge < -0.3 is 4.43 Å². The van der Waals surface area contributed by atoms with Crippen molar-refractivity contribution < 1.29 is 17.6 Å². The molecule has 0 amide bonds. The van der Waals surface area contributed by atoms with Crippen molar-refractivity contribution in [1.82, 2.24) is 0 Å².